The van der Waals surface area contributed by atoms with Crippen molar-refractivity contribution < 1.29 is 22.7 Å². The minimum atomic E-state index is -4.39. The molecule has 2 aromatic carbocycles. The first-order valence-corrected chi connectivity index (χ1v) is 12.9. The lowest BCUT2D eigenvalue weighted by Gasteiger charge is -2.26. The van der Waals surface area contributed by atoms with Crippen LogP contribution in [-0.4, -0.2) is 10.1 Å². The zero-order valence-corrected chi connectivity index (χ0v) is 20.4. The summed E-state index contributed by atoms with van der Waals surface area (Å²) in [6, 6.07) is 11.6. The number of halogens is 4. The van der Waals surface area contributed by atoms with Crippen LogP contribution in [0.15, 0.2) is 48.5 Å². The number of aryl methyl sites for hydroxylation is 1. The molecule has 0 saturated heterocycles. The van der Waals surface area contributed by atoms with Gasteiger partial charge in [-0.2, -0.15) is 13.2 Å². The predicted molar refractivity (Wildman–Crippen MR) is 132 cm³/mol. The molecule has 2 nitrogen and oxygen atoms in total. The Hall–Kier alpha value is -2.73. The largest absolute Gasteiger partial charge is 0.416 e. The summed E-state index contributed by atoms with van der Waals surface area (Å²) in [6.07, 6.45) is 1.91. The average molecular weight is 498 g/mol. The van der Waals surface area contributed by atoms with E-state index in [2.05, 4.69) is 6.92 Å². The SMILES string of the molecule is CC1CCc2nc(C3CCCC3)c(Cc3ccc(C(F)(F)F)cc3)c(-c3ccc(F)cc3)c2C(O)C1. The maximum absolute atomic E-state index is 13.9. The number of benzene rings is 2. The molecule has 1 saturated carbocycles. The van der Waals surface area contributed by atoms with Gasteiger partial charge < -0.3 is 5.11 Å². The van der Waals surface area contributed by atoms with Crippen LogP contribution in [0, 0.1) is 11.7 Å². The number of hydrogen-bond acceptors (Lipinski definition) is 2. The second-order valence-corrected chi connectivity index (χ2v) is 10.5. The fraction of sp³-hybridized carbons (Fsp3) is 0.433. The Kier molecular flexibility index (Phi) is 6.90. The van der Waals surface area contributed by atoms with Gasteiger partial charge in [-0.1, -0.05) is 44.0 Å². The van der Waals surface area contributed by atoms with Gasteiger partial charge in [-0.15, -0.1) is 0 Å². The molecule has 2 aliphatic carbocycles. The van der Waals surface area contributed by atoms with Crippen molar-refractivity contribution in [2.45, 2.75) is 76.5 Å². The van der Waals surface area contributed by atoms with Crippen molar-refractivity contribution in [1.82, 2.24) is 4.98 Å². The van der Waals surface area contributed by atoms with E-state index < -0.39 is 17.8 Å². The van der Waals surface area contributed by atoms with E-state index in [4.69, 9.17) is 4.98 Å². The Morgan fingerprint density at radius 1 is 0.944 bits per heavy atom. The number of nitrogens with zero attached hydrogens (tertiary/aromatic N) is 1. The molecular weight excluding hydrogens is 466 g/mol. The van der Waals surface area contributed by atoms with Gasteiger partial charge in [0.1, 0.15) is 5.82 Å². The van der Waals surface area contributed by atoms with Crippen LogP contribution in [0.5, 0.6) is 0 Å². The van der Waals surface area contributed by atoms with Gasteiger partial charge in [-0.05, 0) is 91.0 Å². The van der Waals surface area contributed by atoms with E-state index in [0.29, 0.717) is 18.8 Å². The third-order valence-corrected chi connectivity index (χ3v) is 7.82. The molecule has 2 atom stereocenters. The standard InChI is InChI=1S/C30H31F4NO/c1-18-6-15-25-28(26(36)16-18)27(20-9-13-23(31)14-10-20)24(29(35-25)21-4-2-3-5-21)17-19-7-11-22(12-8-19)30(32,33)34/h7-14,18,21,26,36H,2-6,15-17H2,1H3. The van der Waals surface area contributed by atoms with E-state index in [-0.39, 0.29) is 11.7 Å². The molecule has 0 bridgehead atoms. The summed E-state index contributed by atoms with van der Waals surface area (Å²) in [5, 5.41) is 11.3. The number of aromatic nitrogens is 1. The molecule has 5 rings (SSSR count). The minimum Gasteiger partial charge on any atom is -0.388 e. The van der Waals surface area contributed by atoms with Crippen LogP contribution in [-0.2, 0) is 19.0 Å². The third-order valence-electron chi connectivity index (χ3n) is 7.82. The molecule has 1 aromatic heterocycles. The highest BCUT2D eigenvalue weighted by Gasteiger charge is 2.33. The van der Waals surface area contributed by atoms with Crippen LogP contribution >= 0.6 is 0 Å². The predicted octanol–water partition coefficient (Wildman–Crippen LogP) is 8.16. The molecule has 0 amide bonds. The van der Waals surface area contributed by atoms with Crippen LogP contribution in [0.25, 0.3) is 11.1 Å². The van der Waals surface area contributed by atoms with Gasteiger partial charge >= 0.3 is 6.18 Å². The second-order valence-electron chi connectivity index (χ2n) is 10.5. The third kappa shape index (κ3) is 5.06. The Labute approximate surface area is 209 Å². The zero-order chi connectivity index (χ0) is 25.4. The van der Waals surface area contributed by atoms with Crippen LogP contribution < -0.4 is 0 Å². The van der Waals surface area contributed by atoms with Crippen LogP contribution in [0.1, 0.15) is 91.1 Å². The fourth-order valence-corrected chi connectivity index (χ4v) is 5.94. The monoisotopic (exact) mass is 497 g/mol. The van der Waals surface area contributed by atoms with Gasteiger partial charge in [0.15, 0.2) is 0 Å². The minimum absolute atomic E-state index is 0.275. The van der Waals surface area contributed by atoms with Gasteiger partial charge in [0.25, 0.3) is 0 Å². The molecule has 1 N–H and O–H groups in total. The lowest BCUT2D eigenvalue weighted by atomic mass is 9.83. The topological polar surface area (TPSA) is 33.1 Å². The number of rotatable bonds is 4. The highest BCUT2D eigenvalue weighted by Crippen LogP contribution is 2.45. The first-order valence-electron chi connectivity index (χ1n) is 12.9. The average Bonchev–Trinajstić information content (AvgIpc) is 3.33. The van der Waals surface area contributed by atoms with E-state index in [1.54, 1.807) is 12.1 Å². The lowest BCUT2D eigenvalue weighted by Crippen LogP contribution is -2.14. The van der Waals surface area contributed by atoms with E-state index in [1.165, 1.54) is 24.3 Å². The Morgan fingerprint density at radius 2 is 1.61 bits per heavy atom. The molecule has 0 radical (unpaired) electrons. The molecule has 2 aliphatic rings. The first-order chi connectivity index (χ1) is 17.2. The van der Waals surface area contributed by atoms with Gasteiger partial charge in [0.05, 0.1) is 11.7 Å². The number of aliphatic hydroxyl groups is 1. The Bertz CT molecular complexity index is 1210. The molecule has 2 unspecified atom stereocenters. The van der Waals surface area contributed by atoms with Gasteiger partial charge in [-0.25, -0.2) is 4.39 Å². The highest BCUT2D eigenvalue weighted by molar-refractivity contribution is 5.74. The molecule has 1 fully saturated rings. The molecule has 190 valence electrons. The van der Waals surface area contributed by atoms with Crippen molar-refractivity contribution in [2.75, 3.05) is 0 Å². The molecule has 0 aliphatic heterocycles. The molecule has 1 heterocycles. The molecule has 0 spiro atoms. The van der Waals surface area contributed by atoms with Crippen LogP contribution in [0.4, 0.5) is 17.6 Å². The maximum Gasteiger partial charge on any atom is 0.416 e. The highest BCUT2D eigenvalue weighted by atomic mass is 19.4. The van der Waals surface area contributed by atoms with Crippen molar-refractivity contribution in [3.63, 3.8) is 0 Å². The number of alkyl halides is 3. The lowest BCUT2D eigenvalue weighted by molar-refractivity contribution is -0.137. The Morgan fingerprint density at radius 3 is 2.25 bits per heavy atom. The summed E-state index contributed by atoms with van der Waals surface area (Å²) < 4.78 is 53.4. The number of pyridine rings is 1. The molecular formula is C30H31F4NO. The van der Waals surface area contributed by atoms with Gasteiger partial charge in [0, 0.05) is 22.9 Å². The van der Waals surface area contributed by atoms with Crippen molar-refractivity contribution in [3.05, 3.63) is 88.0 Å². The summed E-state index contributed by atoms with van der Waals surface area (Å²) in [5.74, 6) is 0.272. The van der Waals surface area contributed by atoms with Gasteiger partial charge in [0.2, 0.25) is 0 Å². The maximum atomic E-state index is 13.9. The number of hydrogen-bond donors (Lipinski definition) is 1. The van der Waals surface area contributed by atoms with Crippen LogP contribution in [0.2, 0.25) is 0 Å². The summed E-state index contributed by atoms with van der Waals surface area (Å²) >= 11 is 0. The van der Waals surface area contributed by atoms with Gasteiger partial charge in [-0.3, -0.25) is 4.98 Å². The molecule has 6 heteroatoms. The first kappa shape index (κ1) is 24.9. The van der Waals surface area contributed by atoms with E-state index in [0.717, 1.165) is 89.9 Å². The summed E-state index contributed by atoms with van der Waals surface area (Å²) in [6.45, 7) is 2.13. The van der Waals surface area contributed by atoms with E-state index >= 15 is 0 Å². The van der Waals surface area contributed by atoms with Crippen molar-refractivity contribution >= 4 is 0 Å². The van der Waals surface area contributed by atoms with Crippen LogP contribution in [0.3, 0.4) is 0 Å². The van der Waals surface area contributed by atoms with Crippen molar-refractivity contribution in [3.8, 4) is 11.1 Å². The Balaban J connectivity index is 1.72. The smallest absolute Gasteiger partial charge is 0.388 e. The van der Waals surface area contributed by atoms with E-state index in [1.807, 2.05) is 0 Å². The second kappa shape index (κ2) is 9.97. The zero-order valence-electron chi connectivity index (χ0n) is 20.4. The fourth-order valence-electron chi connectivity index (χ4n) is 5.94. The number of fused-ring (bicyclic) bond motifs is 1. The summed E-state index contributed by atoms with van der Waals surface area (Å²) in [7, 11) is 0. The normalized spacial score (nSPS) is 20.8. The quantitative estimate of drug-likeness (QED) is 0.291. The molecule has 3 aromatic rings. The van der Waals surface area contributed by atoms with E-state index in [9.17, 15) is 22.7 Å². The summed E-state index contributed by atoms with van der Waals surface area (Å²) in [4.78, 5) is 5.18. The van der Waals surface area contributed by atoms with Crippen molar-refractivity contribution in [1.29, 1.82) is 0 Å². The summed E-state index contributed by atoms with van der Waals surface area (Å²) in [5.41, 5.74) is 5.41. The molecule has 36 heavy (non-hydrogen) atoms. The number of aliphatic hydroxyl groups excluding tert-OH is 1. The van der Waals surface area contributed by atoms with Crippen molar-refractivity contribution in [2.24, 2.45) is 5.92 Å².